The Balaban J connectivity index is 1.66. The molecule has 2 aliphatic rings. The van der Waals surface area contributed by atoms with Crippen LogP contribution < -0.4 is 5.73 Å². The fourth-order valence-corrected chi connectivity index (χ4v) is 4.56. The van der Waals surface area contributed by atoms with Gasteiger partial charge in [-0.25, -0.2) is 19.4 Å². The summed E-state index contributed by atoms with van der Waals surface area (Å²) in [6.07, 6.45) is 0.447. The molecule has 0 unspecified atom stereocenters. The zero-order valence-electron chi connectivity index (χ0n) is 17.4. The maximum atomic E-state index is 11.6. The minimum atomic E-state index is -0.784. The second-order valence-corrected chi connectivity index (χ2v) is 8.80. The van der Waals surface area contributed by atoms with Crippen LogP contribution in [-0.4, -0.2) is 74.5 Å². The van der Waals surface area contributed by atoms with E-state index >= 15 is 0 Å². The first-order valence-corrected chi connectivity index (χ1v) is 10.9. The van der Waals surface area contributed by atoms with Crippen molar-refractivity contribution in [3.63, 3.8) is 0 Å². The topological polar surface area (TPSA) is 137 Å². The molecule has 1 aliphatic heterocycles. The molecule has 164 valence electrons. The number of hydrogen-bond donors (Lipinski definition) is 1. The average Bonchev–Trinajstić information content (AvgIpc) is 3.35. The van der Waals surface area contributed by atoms with Crippen LogP contribution in [0, 0.1) is 0 Å². The zero-order valence-corrected chi connectivity index (χ0v) is 18.2. The Labute approximate surface area is 178 Å². The first-order chi connectivity index (χ1) is 14.3. The van der Waals surface area contributed by atoms with E-state index in [1.165, 1.54) is 18.9 Å². The van der Waals surface area contributed by atoms with E-state index in [1.807, 2.05) is 13.8 Å². The molecule has 11 nitrogen and oxygen atoms in total. The summed E-state index contributed by atoms with van der Waals surface area (Å²) < 4.78 is 24.4. The van der Waals surface area contributed by atoms with Crippen LogP contribution in [0.1, 0.15) is 39.7 Å². The molecule has 4 atom stereocenters. The molecule has 0 spiro atoms. The number of nitrogens with zero attached hydrogens (tertiary/aromatic N) is 5. The molecule has 1 saturated carbocycles. The van der Waals surface area contributed by atoms with Crippen molar-refractivity contribution in [1.82, 2.24) is 25.0 Å². The van der Waals surface area contributed by atoms with E-state index in [0.717, 1.165) is 12.2 Å². The first kappa shape index (κ1) is 21.2. The van der Waals surface area contributed by atoms with Gasteiger partial charge in [-0.2, -0.15) is 0 Å². The van der Waals surface area contributed by atoms with Gasteiger partial charge in [0.2, 0.25) is 0 Å². The van der Waals surface area contributed by atoms with Crippen LogP contribution >= 0.6 is 11.8 Å². The molecule has 1 saturated heterocycles. The van der Waals surface area contributed by atoms with E-state index in [-0.39, 0.29) is 31.0 Å². The number of ether oxygens (including phenoxy) is 4. The van der Waals surface area contributed by atoms with Gasteiger partial charge in [-0.05, 0) is 20.3 Å². The van der Waals surface area contributed by atoms with Gasteiger partial charge < -0.3 is 24.7 Å². The Hall–Kier alpha value is -2.02. The van der Waals surface area contributed by atoms with Crippen molar-refractivity contribution in [3.8, 4) is 0 Å². The Morgan fingerprint density at radius 3 is 2.83 bits per heavy atom. The van der Waals surface area contributed by atoms with Gasteiger partial charge in [0.1, 0.15) is 18.8 Å². The molecule has 0 bridgehead atoms. The molecular formula is C18H26N6O5S. The predicted molar refractivity (Wildman–Crippen MR) is 108 cm³/mol. The minimum absolute atomic E-state index is 0.161. The highest BCUT2D eigenvalue weighted by molar-refractivity contribution is 7.99. The second-order valence-electron chi connectivity index (χ2n) is 7.74. The van der Waals surface area contributed by atoms with Gasteiger partial charge in [0.25, 0.3) is 0 Å². The number of fused-ring (bicyclic) bond motifs is 2. The zero-order chi connectivity index (χ0) is 21.5. The smallest absolute Gasteiger partial charge is 0.331 e. The summed E-state index contributed by atoms with van der Waals surface area (Å²) in [4.78, 5) is 20.5. The third-order valence-corrected chi connectivity index (χ3v) is 6.16. The third-order valence-electron chi connectivity index (χ3n) is 5.11. The Bertz CT molecular complexity index is 937. The monoisotopic (exact) mass is 438 g/mol. The van der Waals surface area contributed by atoms with Gasteiger partial charge in [0.15, 0.2) is 27.9 Å². The number of nitrogens with two attached hydrogens (primary N) is 1. The number of thioether (sulfide) groups is 1. The largest absolute Gasteiger partial charge is 0.467 e. The number of aromatic nitrogens is 5. The number of carbonyl (C=O) groups is 1. The molecule has 2 aromatic heterocycles. The number of anilines is 1. The van der Waals surface area contributed by atoms with Crippen molar-refractivity contribution < 1.29 is 23.7 Å². The van der Waals surface area contributed by atoms with Crippen LogP contribution in [0.2, 0.25) is 0 Å². The fourth-order valence-electron chi connectivity index (χ4n) is 3.86. The van der Waals surface area contributed by atoms with E-state index in [2.05, 4.69) is 31.9 Å². The molecule has 1 aliphatic carbocycles. The van der Waals surface area contributed by atoms with Gasteiger partial charge >= 0.3 is 5.97 Å². The summed E-state index contributed by atoms with van der Waals surface area (Å²) in [5.74, 6) is -0.0536. The van der Waals surface area contributed by atoms with Crippen molar-refractivity contribution in [1.29, 1.82) is 0 Å². The lowest BCUT2D eigenvalue weighted by Crippen LogP contribution is -2.32. The highest BCUT2D eigenvalue weighted by atomic mass is 32.2. The number of hydrogen-bond acceptors (Lipinski definition) is 11. The van der Waals surface area contributed by atoms with Gasteiger partial charge in [-0.15, -0.1) is 5.10 Å². The maximum Gasteiger partial charge on any atom is 0.331 e. The summed E-state index contributed by atoms with van der Waals surface area (Å²) in [5, 5.41) is 9.08. The van der Waals surface area contributed by atoms with E-state index in [9.17, 15) is 4.79 Å². The van der Waals surface area contributed by atoms with E-state index in [4.69, 9.17) is 19.9 Å². The van der Waals surface area contributed by atoms with Crippen LogP contribution in [-0.2, 0) is 23.7 Å². The van der Waals surface area contributed by atoms with Crippen LogP contribution in [0.5, 0.6) is 0 Å². The van der Waals surface area contributed by atoms with Crippen LogP contribution in [0.15, 0.2) is 5.16 Å². The van der Waals surface area contributed by atoms with E-state index < -0.39 is 11.8 Å². The molecule has 2 N–H and O–H groups in total. The van der Waals surface area contributed by atoms with Gasteiger partial charge in [0.05, 0.1) is 19.3 Å². The van der Waals surface area contributed by atoms with Crippen molar-refractivity contribution in [2.24, 2.45) is 0 Å². The molecular weight excluding hydrogens is 412 g/mol. The Morgan fingerprint density at radius 2 is 2.10 bits per heavy atom. The number of nitrogen functional groups attached to an aromatic ring is 1. The summed E-state index contributed by atoms with van der Waals surface area (Å²) in [6.45, 7) is 5.62. The van der Waals surface area contributed by atoms with Crippen molar-refractivity contribution in [2.75, 3.05) is 25.2 Å². The standard InChI is InChI=1S/C18H26N6O5S/c1-5-6-30-17-20-15(19)12-16(21-17)24(23-22-12)9-7-10(27-8-11(25)26-4)14-13(9)28-18(2,3)29-14/h9-10,13-14H,5-8H2,1-4H3,(H2,19,20,21)/t9-,10+,13+,14-/m1/s1. The highest BCUT2D eigenvalue weighted by Gasteiger charge is 2.56. The van der Waals surface area contributed by atoms with Crippen molar-refractivity contribution >= 4 is 34.7 Å². The normalized spacial score (nSPS) is 27.5. The average molecular weight is 439 g/mol. The van der Waals surface area contributed by atoms with Gasteiger partial charge in [-0.3, -0.25) is 0 Å². The minimum Gasteiger partial charge on any atom is -0.467 e. The third kappa shape index (κ3) is 3.96. The first-order valence-electron chi connectivity index (χ1n) is 9.88. The molecule has 0 amide bonds. The molecule has 0 aromatic carbocycles. The lowest BCUT2D eigenvalue weighted by Gasteiger charge is -2.23. The lowest BCUT2D eigenvalue weighted by atomic mass is 10.2. The second kappa shape index (κ2) is 8.25. The number of rotatable bonds is 7. The number of methoxy groups -OCH3 is 1. The molecule has 12 heteroatoms. The Morgan fingerprint density at radius 1 is 1.33 bits per heavy atom. The lowest BCUT2D eigenvalue weighted by molar-refractivity contribution is -0.173. The summed E-state index contributed by atoms with van der Waals surface area (Å²) in [7, 11) is 1.32. The van der Waals surface area contributed by atoms with Gasteiger partial charge in [0, 0.05) is 12.2 Å². The molecule has 2 aromatic rings. The highest BCUT2D eigenvalue weighted by Crippen LogP contribution is 2.45. The van der Waals surface area contributed by atoms with Crippen LogP contribution in [0.25, 0.3) is 11.2 Å². The summed E-state index contributed by atoms with van der Waals surface area (Å²) >= 11 is 1.53. The molecule has 3 heterocycles. The van der Waals surface area contributed by atoms with Crippen LogP contribution in [0.3, 0.4) is 0 Å². The molecule has 0 radical (unpaired) electrons. The molecule has 2 fully saturated rings. The predicted octanol–water partition coefficient (Wildman–Crippen LogP) is 1.33. The number of carbonyl (C=O) groups excluding carboxylic acids is 1. The molecule has 4 rings (SSSR count). The Kier molecular flexibility index (Phi) is 5.84. The quantitative estimate of drug-likeness (QED) is 0.381. The van der Waals surface area contributed by atoms with Crippen molar-refractivity contribution in [2.45, 2.75) is 68.9 Å². The van der Waals surface area contributed by atoms with Crippen LogP contribution in [0.4, 0.5) is 5.82 Å². The van der Waals surface area contributed by atoms with Gasteiger partial charge in [-0.1, -0.05) is 23.9 Å². The molecule has 30 heavy (non-hydrogen) atoms. The number of esters is 1. The SMILES string of the molecule is CCCSc1nc(N)c2nnn([C@@H]3C[C@H](OCC(=O)OC)[C@H]4OC(C)(C)O[C@H]43)c2n1. The summed E-state index contributed by atoms with van der Waals surface area (Å²) in [5.41, 5.74) is 7.10. The van der Waals surface area contributed by atoms with Crippen molar-refractivity contribution in [3.05, 3.63) is 0 Å². The maximum absolute atomic E-state index is 11.6. The van der Waals surface area contributed by atoms with E-state index in [1.54, 1.807) is 4.68 Å². The van der Waals surface area contributed by atoms with E-state index in [0.29, 0.717) is 28.6 Å². The summed E-state index contributed by atoms with van der Waals surface area (Å²) in [6, 6.07) is -0.247. The fraction of sp³-hybridized carbons (Fsp3) is 0.722.